The van der Waals surface area contributed by atoms with E-state index in [1.54, 1.807) is 11.8 Å². The number of hydrogen-bond donors (Lipinski definition) is 2. The Labute approximate surface area is 110 Å². The first kappa shape index (κ1) is 13.3. The predicted molar refractivity (Wildman–Crippen MR) is 67.1 cm³/mol. The second kappa shape index (κ2) is 5.23. The number of carbonyl (C=O) groups excluding carboxylic acids is 1. The zero-order valence-electron chi connectivity index (χ0n) is 10.5. The molecule has 7 nitrogen and oxygen atoms in total. The number of carboxylic acid groups (broad SMARTS) is 1. The summed E-state index contributed by atoms with van der Waals surface area (Å²) in [6, 6.07) is 0.952. The smallest absolute Gasteiger partial charge is 0.337 e. The van der Waals surface area contributed by atoms with Crippen molar-refractivity contribution in [1.29, 1.82) is 0 Å². The molecule has 1 fully saturated rings. The van der Waals surface area contributed by atoms with Crippen LogP contribution in [0.25, 0.3) is 0 Å². The van der Waals surface area contributed by atoms with Crippen LogP contribution in [-0.4, -0.2) is 47.8 Å². The van der Waals surface area contributed by atoms with Crippen molar-refractivity contribution in [3.63, 3.8) is 0 Å². The number of pyridine rings is 1. The summed E-state index contributed by atoms with van der Waals surface area (Å²) in [6.07, 6.45) is 1.28. The van der Waals surface area contributed by atoms with E-state index < -0.39 is 17.9 Å². The van der Waals surface area contributed by atoms with E-state index in [0.29, 0.717) is 24.5 Å². The second-order valence-corrected chi connectivity index (χ2v) is 4.36. The largest absolute Gasteiger partial charge is 0.478 e. The van der Waals surface area contributed by atoms with Crippen LogP contribution in [0.2, 0.25) is 0 Å². The van der Waals surface area contributed by atoms with E-state index in [1.807, 2.05) is 0 Å². The molecule has 102 valence electrons. The molecule has 0 bridgehead atoms. The van der Waals surface area contributed by atoms with Crippen LogP contribution in [0.3, 0.4) is 0 Å². The normalized spacial score (nSPS) is 19.2. The molecule has 0 saturated carbocycles. The van der Waals surface area contributed by atoms with Crippen LogP contribution in [0.4, 0.5) is 5.82 Å². The molecule has 7 heteroatoms. The molecule has 3 N–H and O–H groups in total. The number of ether oxygens (including phenoxy) is 1. The highest BCUT2D eigenvalue weighted by Gasteiger charge is 2.29. The van der Waals surface area contributed by atoms with E-state index in [2.05, 4.69) is 4.98 Å². The maximum Gasteiger partial charge on any atom is 0.337 e. The maximum atomic E-state index is 11.4. The van der Waals surface area contributed by atoms with Gasteiger partial charge in [-0.15, -0.1) is 0 Å². The first-order valence-electron chi connectivity index (χ1n) is 5.84. The van der Waals surface area contributed by atoms with Gasteiger partial charge in [0, 0.05) is 12.7 Å². The number of aromatic nitrogens is 1. The fourth-order valence-corrected chi connectivity index (χ4v) is 2.08. The molecule has 1 aliphatic heterocycles. The van der Waals surface area contributed by atoms with Crippen LogP contribution in [-0.2, 0) is 9.53 Å². The Bertz CT molecular complexity index is 518. The average molecular weight is 265 g/mol. The van der Waals surface area contributed by atoms with E-state index in [1.165, 1.54) is 12.3 Å². The number of morpholine rings is 1. The van der Waals surface area contributed by atoms with Crippen LogP contribution in [0.15, 0.2) is 12.3 Å². The number of aromatic carboxylic acids is 1. The maximum absolute atomic E-state index is 11.4. The summed E-state index contributed by atoms with van der Waals surface area (Å²) < 4.78 is 5.23. The molecule has 2 heterocycles. The van der Waals surface area contributed by atoms with E-state index >= 15 is 0 Å². The van der Waals surface area contributed by atoms with Crippen molar-refractivity contribution < 1.29 is 19.4 Å². The number of hydrogen-bond acceptors (Lipinski definition) is 5. The Hall–Kier alpha value is -2.15. The Morgan fingerprint density at radius 2 is 2.32 bits per heavy atom. The number of nitrogens with zero attached hydrogens (tertiary/aromatic N) is 2. The lowest BCUT2D eigenvalue weighted by Crippen LogP contribution is -2.53. The molecular formula is C12H15N3O4. The Balaban J connectivity index is 2.34. The number of aryl methyl sites for hydroxylation is 1. The van der Waals surface area contributed by atoms with Crippen molar-refractivity contribution >= 4 is 17.7 Å². The first-order valence-corrected chi connectivity index (χ1v) is 5.84. The summed E-state index contributed by atoms with van der Waals surface area (Å²) >= 11 is 0. The van der Waals surface area contributed by atoms with E-state index in [0.717, 1.165) is 0 Å². The highest BCUT2D eigenvalue weighted by atomic mass is 16.5. The Kier molecular flexibility index (Phi) is 3.66. The molecule has 0 radical (unpaired) electrons. The van der Waals surface area contributed by atoms with Gasteiger partial charge in [-0.2, -0.15) is 0 Å². The molecular weight excluding hydrogens is 250 g/mol. The van der Waals surface area contributed by atoms with Gasteiger partial charge in [-0.25, -0.2) is 9.78 Å². The third kappa shape index (κ3) is 2.65. The number of rotatable bonds is 3. The van der Waals surface area contributed by atoms with E-state index in [-0.39, 0.29) is 12.2 Å². The SMILES string of the molecule is Cc1cc(C(=O)O)cnc1N1CCOCC1C(N)=O. The number of primary amides is 1. The van der Waals surface area contributed by atoms with Gasteiger partial charge in [-0.3, -0.25) is 4.79 Å². The van der Waals surface area contributed by atoms with Crippen molar-refractivity contribution in [3.8, 4) is 0 Å². The standard InChI is InChI=1S/C12H15N3O4/c1-7-4-8(12(17)18)5-14-11(7)15-2-3-19-6-9(15)10(13)16/h4-5,9H,2-3,6H2,1H3,(H2,13,16)(H,17,18). The second-order valence-electron chi connectivity index (χ2n) is 4.36. The van der Waals surface area contributed by atoms with Crippen molar-refractivity contribution in [2.45, 2.75) is 13.0 Å². The summed E-state index contributed by atoms with van der Waals surface area (Å²) in [5.74, 6) is -0.948. The van der Waals surface area contributed by atoms with Gasteiger partial charge in [-0.1, -0.05) is 0 Å². The van der Waals surface area contributed by atoms with Gasteiger partial charge in [-0.05, 0) is 18.6 Å². The van der Waals surface area contributed by atoms with Crippen molar-refractivity contribution in [1.82, 2.24) is 4.98 Å². The minimum atomic E-state index is -1.03. The van der Waals surface area contributed by atoms with Gasteiger partial charge in [0.15, 0.2) is 0 Å². The molecule has 1 saturated heterocycles. The predicted octanol–water partition coefficient (Wildman–Crippen LogP) is -0.221. The van der Waals surface area contributed by atoms with Crippen molar-refractivity contribution in [2.75, 3.05) is 24.7 Å². The molecule has 19 heavy (non-hydrogen) atoms. The quantitative estimate of drug-likeness (QED) is 0.782. The van der Waals surface area contributed by atoms with Gasteiger partial charge >= 0.3 is 5.97 Å². The summed E-state index contributed by atoms with van der Waals surface area (Å²) in [7, 11) is 0. The monoisotopic (exact) mass is 265 g/mol. The molecule has 1 amide bonds. The summed E-state index contributed by atoms with van der Waals surface area (Å²) in [6.45, 7) is 2.94. The van der Waals surface area contributed by atoms with Gasteiger partial charge in [0.05, 0.1) is 18.8 Å². The van der Waals surface area contributed by atoms with E-state index in [9.17, 15) is 9.59 Å². The fraction of sp³-hybridized carbons (Fsp3) is 0.417. The minimum absolute atomic E-state index is 0.116. The van der Waals surface area contributed by atoms with Crippen LogP contribution in [0.5, 0.6) is 0 Å². The fourth-order valence-electron chi connectivity index (χ4n) is 2.08. The molecule has 1 aromatic rings. The zero-order valence-corrected chi connectivity index (χ0v) is 10.5. The molecule has 1 unspecified atom stereocenters. The summed E-state index contributed by atoms with van der Waals surface area (Å²) in [5.41, 5.74) is 6.14. The number of amides is 1. The van der Waals surface area contributed by atoms with E-state index in [4.69, 9.17) is 15.6 Å². The highest BCUT2D eigenvalue weighted by molar-refractivity contribution is 5.88. The third-order valence-electron chi connectivity index (χ3n) is 3.03. The topological polar surface area (TPSA) is 106 Å². The Morgan fingerprint density at radius 3 is 2.89 bits per heavy atom. The molecule has 0 aliphatic carbocycles. The number of nitrogens with two attached hydrogens (primary N) is 1. The van der Waals surface area contributed by atoms with Crippen LogP contribution in [0, 0.1) is 6.92 Å². The van der Waals surface area contributed by atoms with Gasteiger partial charge in [0.1, 0.15) is 11.9 Å². The number of carboxylic acids is 1. The number of anilines is 1. The minimum Gasteiger partial charge on any atom is -0.478 e. The van der Waals surface area contributed by atoms with Crippen molar-refractivity contribution in [2.24, 2.45) is 5.73 Å². The lowest BCUT2D eigenvalue weighted by molar-refractivity contribution is -0.121. The van der Waals surface area contributed by atoms with Crippen molar-refractivity contribution in [3.05, 3.63) is 23.4 Å². The molecule has 1 atom stereocenters. The lowest BCUT2D eigenvalue weighted by atomic mass is 10.1. The summed E-state index contributed by atoms with van der Waals surface area (Å²) in [5, 5.41) is 8.90. The average Bonchev–Trinajstić information content (AvgIpc) is 2.38. The third-order valence-corrected chi connectivity index (χ3v) is 3.03. The Morgan fingerprint density at radius 1 is 1.58 bits per heavy atom. The van der Waals surface area contributed by atoms with Crippen LogP contribution < -0.4 is 10.6 Å². The highest BCUT2D eigenvalue weighted by Crippen LogP contribution is 2.22. The van der Waals surface area contributed by atoms with Gasteiger partial charge < -0.3 is 20.5 Å². The van der Waals surface area contributed by atoms with Crippen LogP contribution in [0.1, 0.15) is 15.9 Å². The molecule has 1 aromatic heterocycles. The summed E-state index contributed by atoms with van der Waals surface area (Å²) in [4.78, 5) is 28.2. The zero-order chi connectivity index (χ0) is 14.0. The molecule has 1 aliphatic rings. The first-order chi connectivity index (χ1) is 9.00. The molecule has 0 aromatic carbocycles. The van der Waals surface area contributed by atoms with Gasteiger partial charge in [0.2, 0.25) is 5.91 Å². The molecule has 0 spiro atoms. The molecule has 2 rings (SSSR count). The van der Waals surface area contributed by atoms with Gasteiger partial charge in [0.25, 0.3) is 0 Å². The number of carbonyl (C=O) groups is 2. The van der Waals surface area contributed by atoms with Crippen LogP contribution >= 0.6 is 0 Å². The lowest BCUT2D eigenvalue weighted by Gasteiger charge is -2.35.